The molecule has 34 heavy (non-hydrogen) atoms. The molecule has 0 aromatic rings. The van der Waals surface area contributed by atoms with Crippen LogP contribution in [-0.4, -0.2) is 48.1 Å². The van der Waals surface area contributed by atoms with Crippen LogP contribution < -0.4 is 0 Å². The van der Waals surface area contributed by atoms with E-state index in [1.165, 1.54) is 5.57 Å². The molecule has 0 aromatic carbocycles. The minimum Gasteiger partial charge on any atom is -0.393 e. The third kappa shape index (κ3) is 2.89. The molecule has 6 nitrogen and oxygen atoms in total. The first-order valence-electron chi connectivity index (χ1n) is 13.5. The summed E-state index contributed by atoms with van der Waals surface area (Å²) in [6, 6.07) is 0. The first kappa shape index (κ1) is 23.3. The van der Waals surface area contributed by atoms with Gasteiger partial charge in [-0.1, -0.05) is 32.3 Å². The van der Waals surface area contributed by atoms with Gasteiger partial charge in [0.1, 0.15) is 12.2 Å². The smallest absolute Gasteiger partial charge is 0.287 e. The van der Waals surface area contributed by atoms with Crippen LogP contribution in [0.3, 0.4) is 0 Å². The van der Waals surface area contributed by atoms with Gasteiger partial charge in [-0.15, -0.1) is 0 Å². The maximum absolute atomic E-state index is 13.7. The van der Waals surface area contributed by atoms with Gasteiger partial charge in [-0.3, -0.25) is 9.59 Å². The summed E-state index contributed by atoms with van der Waals surface area (Å²) < 4.78 is 18.9. The van der Waals surface area contributed by atoms with Crippen LogP contribution >= 0.6 is 0 Å². The highest BCUT2D eigenvalue weighted by Crippen LogP contribution is 2.69. The molecule has 1 heterocycles. The SMILES string of the molecule is COC1(C2CCCC2)OCC(=O)[C@]2(CC[C@H]3[C@@H]4CCC5=CC(=O)CC[C@]5(C)[C@H]4[C@@H](O)C[C@@]32C)O1. The normalized spacial score (nSPS) is 51.2. The number of aliphatic hydroxyl groups excluding tert-OH is 1. The quantitative estimate of drug-likeness (QED) is 0.644. The average molecular weight is 473 g/mol. The molecule has 0 bridgehead atoms. The molecule has 1 N–H and O–H groups in total. The van der Waals surface area contributed by atoms with Crippen LogP contribution in [0.1, 0.15) is 84.5 Å². The first-order valence-corrected chi connectivity index (χ1v) is 13.5. The summed E-state index contributed by atoms with van der Waals surface area (Å²) in [7, 11) is 1.64. The van der Waals surface area contributed by atoms with E-state index in [4.69, 9.17) is 14.2 Å². The molecule has 5 fully saturated rings. The number of hydrogen-bond acceptors (Lipinski definition) is 6. The topological polar surface area (TPSA) is 82.1 Å². The molecule has 1 aliphatic heterocycles. The fraction of sp³-hybridized carbons (Fsp3) is 0.857. The molecule has 6 rings (SSSR count). The number of ketones is 2. The number of methoxy groups -OCH3 is 1. The largest absolute Gasteiger partial charge is 0.393 e. The summed E-state index contributed by atoms with van der Waals surface area (Å²) in [5.41, 5.74) is -0.328. The second-order valence-electron chi connectivity index (χ2n) is 12.5. The Bertz CT molecular complexity index is 922. The monoisotopic (exact) mass is 472 g/mol. The number of ether oxygens (including phenoxy) is 3. The number of allylic oxidation sites excluding steroid dienone is 1. The molecule has 5 aliphatic carbocycles. The highest BCUT2D eigenvalue weighted by atomic mass is 16.9. The van der Waals surface area contributed by atoms with Crippen molar-refractivity contribution in [2.75, 3.05) is 13.7 Å². The highest BCUT2D eigenvalue weighted by Gasteiger charge is 2.72. The van der Waals surface area contributed by atoms with E-state index in [-0.39, 0.29) is 35.4 Å². The van der Waals surface area contributed by atoms with E-state index >= 15 is 0 Å². The van der Waals surface area contributed by atoms with Gasteiger partial charge < -0.3 is 19.3 Å². The summed E-state index contributed by atoms with van der Waals surface area (Å²) in [4.78, 5) is 25.8. The Hall–Kier alpha value is -1.08. The van der Waals surface area contributed by atoms with E-state index in [0.717, 1.165) is 51.4 Å². The zero-order valence-corrected chi connectivity index (χ0v) is 20.9. The summed E-state index contributed by atoms with van der Waals surface area (Å²) in [5, 5.41) is 11.7. The maximum Gasteiger partial charge on any atom is 0.287 e. The Labute approximate surface area is 202 Å². The van der Waals surface area contributed by atoms with Crippen LogP contribution in [0.5, 0.6) is 0 Å². The van der Waals surface area contributed by atoms with Crippen molar-refractivity contribution < 1.29 is 28.9 Å². The summed E-state index contributed by atoms with van der Waals surface area (Å²) in [6.07, 6.45) is 11.0. The van der Waals surface area contributed by atoms with Gasteiger partial charge in [-0.05, 0) is 80.6 Å². The molecular weight excluding hydrogens is 432 g/mol. The molecule has 4 saturated carbocycles. The van der Waals surface area contributed by atoms with Gasteiger partial charge in [-0.2, -0.15) is 0 Å². The van der Waals surface area contributed by atoms with Crippen molar-refractivity contribution in [3.05, 3.63) is 11.6 Å². The third-order valence-electron chi connectivity index (χ3n) is 11.3. The van der Waals surface area contributed by atoms with Crippen LogP contribution in [0.15, 0.2) is 11.6 Å². The number of carbonyl (C=O) groups is 2. The predicted molar refractivity (Wildman–Crippen MR) is 125 cm³/mol. The molecule has 1 saturated heterocycles. The van der Waals surface area contributed by atoms with Crippen LogP contribution in [0.25, 0.3) is 0 Å². The van der Waals surface area contributed by atoms with Gasteiger partial charge in [0.2, 0.25) is 0 Å². The van der Waals surface area contributed by atoms with E-state index in [9.17, 15) is 14.7 Å². The van der Waals surface area contributed by atoms with Crippen LogP contribution in [0.2, 0.25) is 0 Å². The van der Waals surface area contributed by atoms with E-state index in [2.05, 4.69) is 13.8 Å². The lowest BCUT2D eigenvalue weighted by Gasteiger charge is -2.62. The molecule has 188 valence electrons. The lowest BCUT2D eigenvalue weighted by molar-refractivity contribution is -0.443. The number of fused-ring (bicyclic) bond motifs is 6. The molecule has 6 aliphatic rings. The summed E-state index contributed by atoms with van der Waals surface area (Å²) >= 11 is 0. The Morgan fingerprint density at radius 1 is 1.06 bits per heavy atom. The fourth-order valence-corrected chi connectivity index (χ4v) is 9.66. The third-order valence-corrected chi connectivity index (χ3v) is 11.3. The minimum atomic E-state index is -1.16. The number of carbonyl (C=O) groups excluding carboxylic acids is 2. The van der Waals surface area contributed by atoms with Gasteiger partial charge in [-0.25, -0.2) is 0 Å². The average Bonchev–Trinajstić information content (AvgIpc) is 3.44. The minimum absolute atomic E-state index is 0.0136. The van der Waals surface area contributed by atoms with Gasteiger partial charge in [0.05, 0.1) is 6.10 Å². The molecule has 1 spiro atoms. The van der Waals surface area contributed by atoms with Crippen LogP contribution in [0.4, 0.5) is 0 Å². The Morgan fingerprint density at radius 2 is 1.82 bits per heavy atom. The lowest BCUT2D eigenvalue weighted by atomic mass is 9.45. The fourth-order valence-electron chi connectivity index (χ4n) is 9.66. The summed E-state index contributed by atoms with van der Waals surface area (Å²) in [6.45, 7) is 4.48. The predicted octanol–water partition coefficient (Wildman–Crippen LogP) is 4.33. The second-order valence-corrected chi connectivity index (χ2v) is 12.5. The zero-order chi connectivity index (χ0) is 23.9. The number of Topliss-reactive ketones (excluding diaryl/α,β-unsaturated/α-hetero) is 1. The van der Waals surface area contributed by atoms with Crippen molar-refractivity contribution in [3.8, 4) is 0 Å². The van der Waals surface area contributed by atoms with E-state index in [1.54, 1.807) is 7.11 Å². The van der Waals surface area contributed by atoms with Crippen molar-refractivity contribution in [3.63, 3.8) is 0 Å². The van der Waals surface area contributed by atoms with Crippen molar-refractivity contribution >= 4 is 11.6 Å². The van der Waals surface area contributed by atoms with Crippen LogP contribution in [0, 0.1) is 34.5 Å². The molecule has 8 atom stereocenters. The molecule has 0 radical (unpaired) electrons. The van der Waals surface area contributed by atoms with Crippen LogP contribution in [-0.2, 0) is 23.8 Å². The number of rotatable bonds is 2. The van der Waals surface area contributed by atoms with Crippen molar-refractivity contribution in [2.45, 2.75) is 102 Å². The molecule has 0 aromatic heterocycles. The zero-order valence-electron chi connectivity index (χ0n) is 20.9. The van der Waals surface area contributed by atoms with E-state index in [0.29, 0.717) is 31.1 Å². The molecular formula is C28H40O6. The molecule has 6 heteroatoms. The number of hydrogen-bond donors (Lipinski definition) is 1. The Kier molecular flexibility index (Phi) is 5.29. The first-order chi connectivity index (χ1) is 16.2. The van der Waals surface area contributed by atoms with Gasteiger partial charge in [0.25, 0.3) is 5.97 Å². The van der Waals surface area contributed by atoms with Gasteiger partial charge in [0.15, 0.2) is 11.6 Å². The lowest BCUT2D eigenvalue weighted by Crippen LogP contribution is -2.68. The Balaban J connectivity index is 1.37. The molecule has 0 amide bonds. The van der Waals surface area contributed by atoms with Crippen molar-refractivity contribution in [1.82, 2.24) is 0 Å². The van der Waals surface area contributed by atoms with Gasteiger partial charge in [0, 0.05) is 24.9 Å². The van der Waals surface area contributed by atoms with E-state index in [1.807, 2.05) is 6.08 Å². The Morgan fingerprint density at radius 3 is 2.56 bits per heavy atom. The van der Waals surface area contributed by atoms with E-state index < -0.39 is 23.1 Å². The molecule has 1 unspecified atom stereocenters. The highest BCUT2D eigenvalue weighted by molar-refractivity contribution is 5.92. The maximum atomic E-state index is 13.7. The second kappa shape index (κ2) is 7.71. The standard InChI is InChI=1S/C28H40O6/c1-25-12-10-19(29)14-18(25)8-9-20-21-11-13-27(26(21,2)15-22(30)24(20)25)23(31)16-33-28(32-3,34-27)17-6-4-5-7-17/h14,17,20-22,24,30H,4-13,15-16H2,1-3H3/t20-,21-,22-,24+,25-,26-,27-,28?/m0/s1. The van der Waals surface area contributed by atoms with Crippen molar-refractivity contribution in [2.24, 2.45) is 34.5 Å². The van der Waals surface area contributed by atoms with Gasteiger partial charge >= 0.3 is 0 Å². The summed E-state index contributed by atoms with van der Waals surface area (Å²) in [5.74, 6) is -0.0338. The number of aliphatic hydroxyl groups is 1. The van der Waals surface area contributed by atoms with Crippen molar-refractivity contribution in [1.29, 1.82) is 0 Å².